The lowest BCUT2D eigenvalue weighted by atomic mass is 9.46. The fourth-order valence-corrected chi connectivity index (χ4v) is 9.57. The zero-order valence-corrected chi connectivity index (χ0v) is 24.4. The molecule has 0 amide bonds. The van der Waals surface area contributed by atoms with Crippen molar-refractivity contribution >= 4 is 20.8 Å². The van der Waals surface area contributed by atoms with Gasteiger partial charge in [-0.05, 0) is 109 Å². The summed E-state index contributed by atoms with van der Waals surface area (Å²) in [5.41, 5.74) is -0.470. The molecule has 3 fully saturated rings. The molecule has 1 N–H and O–H groups in total. The highest BCUT2D eigenvalue weighted by molar-refractivity contribution is 7.81. The topological polar surface area (TPSA) is 153 Å². The van der Waals surface area contributed by atoms with E-state index in [1.807, 2.05) is 0 Å². The maximum absolute atomic E-state index is 11.3. The van der Waals surface area contributed by atoms with Crippen molar-refractivity contribution in [3.63, 3.8) is 0 Å². The molecule has 38 heavy (non-hydrogen) atoms. The van der Waals surface area contributed by atoms with Gasteiger partial charge in [-0.3, -0.25) is 4.18 Å². The lowest BCUT2D eigenvalue weighted by Crippen LogP contribution is -2.52. The molecule has 4 aliphatic rings. The third-order valence-electron chi connectivity index (χ3n) is 10.5. The minimum Gasteiger partial charge on any atom is -0.726 e. The fourth-order valence-electron chi connectivity index (χ4n) is 8.88. The highest BCUT2D eigenvalue weighted by Crippen LogP contribution is 2.67. The average Bonchev–Trinajstić information content (AvgIpc) is 3.12. The van der Waals surface area contributed by atoms with Crippen LogP contribution in [0.4, 0.5) is 0 Å². The fraction of sp³-hybridized carbons (Fsp3) is 0.852. The molecule has 0 saturated heterocycles. The Kier molecular flexibility index (Phi) is 8.39. The van der Waals surface area contributed by atoms with E-state index in [0.717, 1.165) is 57.8 Å². The zero-order valence-electron chi connectivity index (χ0n) is 22.8. The van der Waals surface area contributed by atoms with E-state index >= 15 is 0 Å². The predicted octanol–water partition coefficient (Wildman–Crippen LogP) is 5.20. The maximum Gasteiger partial charge on any atom is 0.262 e. The third kappa shape index (κ3) is 6.11. The first-order valence-corrected chi connectivity index (χ1v) is 16.6. The van der Waals surface area contributed by atoms with Crippen molar-refractivity contribution in [1.29, 1.82) is 0 Å². The van der Waals surface area contributed by atoms with Crippen LogP contribution in [0.5, 0.6) is 0 Å². The molecule has 3 saturated carbocycles. The van der Waals surface area contributed by atoms with Gasteiger partial charge in [-0.1, -0.05) is 40.5 Å². The number of aliphatic hydroxyl groups excluding tert-OH is 1. The molecule has 0 spiro atoms. The van der Waals surface area contributed by atoms with Gasteiger partial charge in [0.05, 0.1) is 6.61 Å². The van der Waals surface area contributed by atoms with Gasteiger partial charge in [0.25, 0.3) is 10.4 Å². The van der Waals surface area contributed by atoms with Gasteiger partial charge in [-0.25, -0.2) is 16.8 Å². The first-order chi connectivity index (χ1) is 17.5. The van der Waals surface area contributed by atoms with Crippen LogP contribution in [0.2, 0.25) is 0 Å². The van der Waals surface area contributed by atoms with Crippen LogP contribution in [0.3, 0.4) is 0 Å². The van der Waals surface area contributed by atoms with Gasteiger partial charge in [0.15, 0.2) is 11.5 Å². The first kappa shape index (κ1) is 29.8. The highest BCUT2D eigenvalue weighted by atomic mass is 32.3. The van der Waals surface area contributed by atoms with E-state index in [1.54, 1.807) is 12.2 Å². The summed E-state index contributed by atoms with van der Waals surface area (Å²) in [5.74, 6) is 1.23. The largest absolute Gasteiger partial charge is 0.726 e. The molecule has 0 heterocycles. The molecule has 0 aromatic rings. The summed E-state index contributed by atoms with van der Waals surface area (Å²) in [4.78, 5) is 0. The van der Waals surface area contributed by atoms with Gasteiger partial charge in [0.2, 0.25) is 10.4 Å². The molecule has 4 aliphatic carbocycles. The summed E-state index contributed by atoms with van der Waals surface area (Å²) in [6, 6.07) is 0. The lowest BCUT2D eigenvalue weighted by molar-refractivity contribution is -0.0787. The zero-order chi connectivity index (χ0) is 28.1. The Balaban J connectivity index is 1.57. The Morgan fingerprint density at radius 2 is 1.71 bits per heavy atom. The van der Waals surface area contributed by atoms with E-state index < -0.39 is 26.2 Å². The number of aliphatic hydroxyl groups is 1. The van der Waals surface area contributed by atoms with E-state index in [-0.39, 0.29) is 47.2 Å². The molecule has 11 heteroatoms. The van der Waals surface area contributed by atoms with Crippen LogP contribution >= 0.6 is 0 Å². The second-order valence-electron chi connectivity index (χ2n) is 13.0. The van der Waals surface area contributed by atoms with E-state index in [4.69, 9.17) is 4.18 Å². The Morgan fingerprint density at radius 1 is 1.00 bits per heavy atom. The van der Waals surface area contributed by atoms with Crippen LogP contribution in [0.25, 0.3) is 0 Å². The first-order valence-electron chi connectivity index (χ1n) is 13.9. The van der Waals surface area contributed by atoms with Gasteiger partial charge in [0, 0.05) is 0 Å². The highest BCUT2D eigenvalue weighted by Gasteiger charge is 2.60. The number of hydrogen-bond acceptors (Lipinski definition) is 9. The van der Waals surface area contributed by atoms with Gasteiger partial charge < -0.3 is 18.4 Å². The summed E-state index contributed by atoms with van der Waals surface area (Å²) in [7, 11) is -9.78. The lowest BCUT2D eigenvalue weighted by Gasteiger charge is -2.59. The molecule has 0 aromatic heterocycles. The van der Waals surface area contributed by atoms with Gasteiger partial charge >= 0.3 is 0 Å². The molecule has 218 valence electrons. The van der Waals surface area contributed by atoms with Crippen molar-refractivity contribution in [3.05, 3.63) is 23.7 Å². The van der Waals surface area contributed by atoms with E-state index in [9.17, 15) is 31.0 Å². The van der Waals surface area contributed by atoms with Crippen LogP contribution in [0.15, 0.2) is 23.7 Å². The molecule has 4 rings (SSSR count). The Bertz CT molecular complexity index is 1160. The second-order valence-corrected chi connectivity index (χ2v) is 15.0. The van der Waals surface area contributed by atoms with Gasteiger partial charge in [0.1, 0.15) is 0 Å². The second kappa shape index (κ2) is 10.7. The molecule has 0 radical (unpaired) electrons. The quantitative estimate of drug-likeness (QED) is 0.274. The molecular formula is C27H42O9S2-2. The number of rotatable bonds is 10. The third-order valence-corrected chi connectivity index (χ3v) is 11.3. The summed E-state index contributed by atoms with van der Waals surface area (Å²) in [6.45, 7) is 8.66. The molecule has 1 unspecified atom stereocenters. The normalized spacial score (nSPS) is 38.0. The Hall–Kier alpha value is -1.14. The van der Waals surface area contributed by atoms with Crippen molar-refractivity contribution in [2.75, 3.05) is 6.61 Å². The molecule has 8 atom stereocenters. The predicted molar refractivity (Wildman–Crippen MR) is 139 cm³/mol. The summed E-state index contributed by atoms with van der Waals surface area (Å²) < 4.78 is 77.3. The molecule has 0 bridgehead atoms. The van der Waals surface area contributed by atoms with Crippen LogP contribution in [0, 0.1) is 52.3 Å². The Labute approximate surface area is 228 Å². The van der Waals surface area contributed by atoms with Gasteiger partial charge in [-0.2, -0.15) is 0 Å². The van der Waals surface area contributed by atoms with Crippen molar-refractivity contribution in [3.8, 4) is 0 Å². The van der Waals surface area contributed by atoms with Gasteiger partial charge in [-0.15, -0.1) is 0 Å². The van der Waals surface area contributed by atoms with E-state index in [1.165, 1.54) is 0 Å². The Morgan fingerprint density at radius 3 is 2.34 bits per heavy atom. The summed E-state index contributed by atoms with van der Waals surface area (Å²) >= 11 is 0. The molecule has 9 nitrogen and oxygen atoms in total. The monoisotopic (exact) mass is 574 g/mol. The van der Waals surface area contributed by atoms with Crippen molar-refractivity contribution in [1.82, 2.24) is 0 Å². The number of allylic oxidation sites excluding steroid dienone is 2. The minimum atomic E-state index is -5.02. The van der Waals surface area contributed by atoms with Crippen molar-refractivity contribution < 1.29 is 39.4 Å². The summed E-state index contributed by atoms with van der Waals surface area (Å²) in [6.07, 6.45) is 11.7. The molecule has 0 aliphatic heterocycles. The van der Waals surface area contributed by atoms with Crippen LogP contribution in [-0.2, 0) is 29.2 Å². The van der Waals surface area contributed by atoms with Crippen molar-refractivity contribution in [2.24, 2.45) is 52.3 Å². The SMILES string of the molecule is CC(C)CCC[C@@H](COS(=O)(=O)[O-])[C@H]1CC[C@H]2[C@@H]3CCC4C=C(O)C(OS(=O)(=O)[O-])=C[C@]4(C)[C@H]3CC[C@]12C. The average molecular weight is 575 g/mol. The number of fused-ring (bicyclic) bond motifs is 5. The smallest absolute Gasteiger partial charge is 0.262 e. The van der Waals surface area contributed by atoms with Crippen molar-refractivity contribution in [2.45, 2.75) is 85.5 Å². The number of hydrogen-bond donors (Lipinski definition) is 1. The van der Waals surface area contributed by atoms with Crippen LogP contribution in [-0.4, -0.2) is 37.7 Å². The minimum absolute atomic E-state index is 0.00679. The van der Waals surface area contributed by atoms with E-state index in [2.05, 4.69) is 31.9 Å². The van der Waals surface area contributed by atoms with E-state index in [0.29, 0.717) is 17.8 Å². The van der Waals surface area contributed by atoms with Crippen LogP contribution in [0.1, 0.15) is 85.5 Å². The summed E-state index contributed by atoms with van der Waals surface area (Å²) in [5, 5.41) is 10.4. The molecular weight excluding hydrogens is 532 g/mol. The maximum atomic E-state index is 11.3. The standard InChI is InChI=1S/C27H44O9S2/c1-17(2)6-5-7-18(16-35-37(29,30)31)21-10-11-22-20-9-8-19-14-24(28)25(36-38(32,33)34)15-27(19,4)23(20)12-13-26(21,22)3/h14-15,17-23,28H,5-13,16H2,1-4H3,(H,29,30,31)(H,32,33,34)/p-2/t18-,19?,20-,21+,22-,23-,26+,27-/m0/s1. The molecule has 0 aromatic carbocycles. The van der Waals surface area contributed by atoms with Crippen LogP contribution < -0.4 is 0 Å².